The zero-order chi connectivity index (χ0) is 41.3. The number of anilines is 4. The van der Waals surface area contributed by atoms with Gasteiger partial charge in [0.15, 0.2) is 0 Å². The Balaban J connectivity index is 1.10. The molecule has 0 saturated carbocycles. The lowest BCUT2D eigenvalue weighted by Crippen LogP contribution is -2.30. The lowest BCUT2D eigenvalue weighted by Gasteiger charge is -2.36. The average molecular weight is 776 g/mol. The lowest BCUT2D eigenvalue weighted by atomic mass is 9.76. The van der Waals surface area contributed by atoms with Crippen LogP contribution in [0.5, 0.6) is 11.6 Å². The predicted octanol–water partition coefficient (Wildman–Crippen LogP) is 14.2. The van der Waals surface area contributed by atoms with Gasteiger partial charge in [0.05, 0.1) is 28.1 Å². The molecular formula is C53H53N5O. The standard InChI is InChI=1S/C53H53N5O/c1-51(2,3)37-26-27-54-48(30-37)58-44-23-14-13-22-40(44)41-33-55-49(32-47(41)58)59-39-21-17-20-38(31-39)56-34-57(46-25-16-15-24-45(46)56)50-42(52(4,5)6)28-36(29-43(50)53(7,8)9)35-18-11-10-12-19-35/h10-33H,34H2,1-9H3. The summed E-state index contributed by atoms with van der Waals surface area (Å²) in [5.41, 5.74) is 12.9. The summed E-state index contributed by atoms with van der Waals surface area (Å²) in [4.78, 5) is 14.6. The molecule has 0 aliphatic carbocycles. The minimum Gasteiger partial charge on any atom is -0.439 e. The zero-order valence-corrected chi connectivity index (χ0v) is 35.7. The smallest absolute Gasteiger partial charge is 0.221 e. The molecule has 0 unspecified atom stereocenters. The second-order valence-electron chi connectivity index (χ2n) is 18.9. The predicted molar refractivity (Wildman–Crippen MR) is 246 cm³/mol. The van der Waals surface area contributed by atoms with Gasteiger partial charge in [-0.25, -0.2) is 9.97 Å². The van der Waals surface area contributed by atoms with Crippen molar-refractivity contribution in [2.45, 2.75) is 78.6 Å². The summed E-state index contributed by atoms with van der Waals surface area (Å²) in [7, 11) is 0. The van der Waals surface area contributed by atoms with Gasteiger partial charge in [0.25, 0.3) is 0 Å². The Kier molecular flexibility index (Phi) is 9.15. The van der Waals surface area contributed by atoms with Crippen molar-refractivity contribution in [3.8, 4) is 28.6 Å². The van der Waals surface area contributed by atoms with Gasteiger partial charge >= 0.3 is 0 Å². The van der Waals surface area contributed by atoms with E-state index in [0.29, 0.717) is 12.5 Å². The van der Waals surface area contributed by atoms with Gasteiger partial charge in [-0.3, -0.25) is 4.57 Å². The van der Waals surface area contributed by atoms with Crippen molar-refractivity contribution >= 4 is 44.6 Å². The van der Waals surface area contributed by atoms with Crippen LogP contribution in [0.2, 0.25) is 0 Å². The van der Waals surface area contributed by atoms with E-state index in [1.807, 2.05) is 24.5 Å². The quantitative estimate of drug-likeness (QED) is 0.168. The largest absolute Gasteiger partial charge is 0.439 e. The van der Waals surface area contributed by atoms with Gasteiger partial charge in [0, 0.05) is 41.0 Å². The number of benzene rings is 5. The minimum atomic E-state index is -0.110. The topological polar surface area (TPSA) is 46.4 Å². The van der Waals surface area contributed by atoms with Crippen LogP contribution in [-0.4, -0.2) is 21.2 Å². The van der Waals surface area contributed by atoms with E-state index in [0.717, 1.165) is 44.7 Å². The number of ether oxygens (including phenoxy) is 1. The Labute approximate surface area is 348 Å². The third-order valence-corrected chi connectivity index (χ3v) is 11.6. The SMILES string of the molecule is CC(C)(C)c1ccnc(-n2c3ccccc3c3cnc(Oc4cccc(N5CN(c6c(C(C)(C)C)cc(-c7ccccc7)cc6C(C)(C)C)c6ccccc65)c4)cc32)c1. The Hall–Kier alpha value is -6.40. The van der Waals surface area contributed by atoms with Gasteiger partial charge < -0.3 is 14.5 Å². The molecule has 0 saturated heterocycles. The van der Waals surface area contributed by atoms with Crippen LogP contribution >= 0.6 is 0 Å². The maximum absolute atomic E-state index is 6.65. The van der Waals surface area contributed by atoms with Crippen LogP contribution in [0, 0.1) is 0 Å². The van der Waals surface area contributed by atoms with Crippen molar-refractivity contribution in [2.75, 3.05) is 16.5 Å². The summed E-state index contributed by atoms with van der Waals surface area (Å²) in [6, 6.07) is 47.5. The summed E-state index contributed by atoms with van der Waals surface area (Å²) in [5, 5.41) is 2.18. The van der Waals surface area contributed by atoms with Gasteiger partial charge in [-0.05, 0) is 98.7 Å². The molecule has 6 heteroatoms. The van der Waals surface area contributed by atoms with Gasteiger partial charge in [0.1, 0.15) is 18.2 Å². The van der Waals surface area contributed by atoms with E-state index in [-0.39, 0.29) is 16.2 Å². The monoisotopic (exact) mass is 775 g/mol. The average Bonchev–Trinajstić information content (AvgIpc) is 3.76. The Morgan fingerprint density at radius 3 is 1.88 bits per heavy atom. The summed E-state index contributed by atoms with van der Waals surface area (Å²) in [5.74, 6) is 2.12. The highest BCUT2D eigenvalue weighted by Crippen LogP contribution is 2.51. The number of fused-ring (bicyclic) bond motifs is 4. The van der Waals surface area contributed by atoms with Crippen LogP contribution in [-0.2, 0) is 16.2 Å². The third-order valence-electron chi connectivity index (χ3n) is 11.6. The number of pyridine rings is 2. The molecule has 296 valence electrons. The molecule has 4 heterocycles. The first kappa shape index (κ1) is 38.1. The van der Waals surface area contributed by atoms with Crippen molar-refractivity contribution in [2.24, 2.45) is 0 Å². The van der Waals surface area contributed by atoms with E-state index in [1.54, 1.807) is 0 Å². The molecule has 6 nitrogen and oxygen atoms in total. The van der Waals surface area contributed by atoms with Crippen molar-refractivity contribution in [3.05, 3.63) is 163 Å². The van der Waals surface area contributed by atoms with E-state index < -0.39 is 0 Å². The van der Waals surface area contributed by atoms with Crippen LogP contribution in [0.4, 0.5) is 22.7 Å². The molecule has 0 N–H and O–H groups in total. The Morgan fingerprint density at radius 2 is 1.19 bits per heavy atom. The third kappa shape index (κ3) is 7.01. The van der Waals surface area contributed by atoms with Gasteiger partial charge in [-0.15, -0.1) is 0 Å². The maximum Gasteiger partial charge on any atom is 0.221 e. The van der Waals surface area contributed by atoms with Crippen LogP contribution in [0.25, 0.3) is 38.8 Å². The van der Waals surface area contributed by atoms with Crippen LogP contribution in [0.3, 0.4) is 0 Å². The van der Waals surface area contributed by atoms with Crippen LogP contribution < -0.4 is 14.5 Å². The summed E-state index contributed by atoms with van der Waals surface area (Å²) >= 11 is 0. The molecule has 9 rings (SSSR count). The van der Waals surface area contributed by atoms with Gasteiger partial charge in [0.2, 0.25) is 5.88 Å². The second-order valence-corrected chi connectivity index (χ2v) is 18.9. The van der Waals surface area contributed by atoms with Crippen molar-refractivity contribution in [1.29, 1.82) is 0 Å². The second kappa shape index (κ2) is 14.2. The molecule has 0 atom stereocenters. The molecular weight excluding hydrogens is 723 g/mol. The molecule has 0 spiro atoms. The highest BCUT2D eigenvalue weighted by molar-refractivity contribution is 6.09. The normalized spacial score (nSPS) is 13.4. The van der Waals surface area contributed by atoms with Gasteiger partial charge in [-0.1, -0.05) is 129 Å². The van der Waals surface area contributed by atoms with E-state index in [2.05, 4.69) is 198 Å². The Bertz CT molecular complexity index is 2820. The summed E-state index contributed by atoms with van der Waals surface area (Å²) in [6.45, 7) is 21.3. The van der Waals surface area contributed by atoms with Crippen LogP contribution in [0.15, 0.2) is 146 Å². The van der Waals surface area contributed by atoms with E-state index in [9.17, 15) is 0 Å². The van der Waals surface area contributed by atoms with E-state index >= 15 is 0 Å². The lowest BCUT2D eigenvalue weighted by molar-refractivity contribution is 0.464. The van der Waals surface area contributed by atoms with Crippen molar-refractivity contribution < 1.29 is 4.74 Å². The first-order valence-electron chi connectivity index (χ1n) is 20.7. The highest BCUT2D eigenvalue weighted by Gasteiger charge is 2.36. The first-order chi connectivity index (χ1) is 28.1. The first-order valence-corrected chi connectivity index (χ1v) is 20.7. The fraction of sp³-hybridized carbons (Fsp3) is 0.245. The van der Waals surface area contributed by atoms with Crippen LogP contribution in [0.1, 0.15) is 79.0 Å². The Morgan fingerprint density at radius 1 is 0.525 bits per heavy atom. The molecule has 0 bridgehead atoms. The van der Waals surface area contributed by atoms with Crippen molar-refractivity contribution in [1.82, 2.24) is 14.5 Å². The number of aromatic nitrogens is 3. The number of para-hydroxylation sites is 3. The molecule has 59 heavy (non-hydrogen) atoms. The molecule has 1 aliphatic heterocycles. The fourth-order valence-electron chi connectivity index (χ4n) is 8.48. The fourth-order valence-corrected chi connectivity index (χ4v) is 8.48. The minimum absolute atomic E-state index is 0.0130. The highest BCUT2D eigenvalue weighted by atomic mass is 16.5. The molecule has 8 aromatic rings. The van der Waals surface area contributed by atoms with E-state index in [1.165, 1.54) is 39.2 Å². The zero-order valence-electron chi connectivity index (χ0n) is 35.7. The van der Waals surface area contributed by atoms with Crippen molar-refractivity contribution in [3.63, 3.8) is 0 Å². The maximum atomic E-state index is 6.65. The molecule has 1 aliphatic rings. The molecule has 0 radical (unpaired) electrons. The number of hydrogen-bond acceptors (Lipinski definition) is 5. The number of rotatable bonds is 6. The molecule has 0 fully saturated rings. The molecule has 0 amide bonds. The number of hydrogen-bond donors (Lipinski definition) is 0. The molecule has 5 aromatic carbocycles. The number of nitrogens with zero attached hydrogens (tertiary/aromatic N) is 5. The molecule has 3 aromatic heterocycles. The van der Waals surface area contributed by atoms with Gasteiger partial charge in [-0.2, -0.15) is 0 Å². The van der Waals surface area contributed by atoms with E-state index in [4.69, 9.17) is 14.7 Å². The summed E-state index contributed by atoms with van der Waals surface area (Å²) in [6.07, 6.45) is 3.84. The summed E-state index contributed by atoms with van der Waals surface area (Å²) < 4.78 is 8.88.